The second kappa shape index (κ2) is 8.79. The van der Waals surface area contributed by atoms with E-state index in [0.29, 0.717) is 31.0 Å². The summed E-state index contributed by atoms with van der Waals surface area (Å²) in [7, 11) is 0. The zero-order valence-electron chi connectivity index (χ0n) is 15.4. The molecule has 25 heavy (non-hydrogen) atoms. The van der Waals surface area contributed by atoms with Crippen LogP contribution < -0.4 is 5.32 Å². The van der Waals surface area contributed by atoms with Crippen LogP contribution in [0.3, 0.4) is 0 Å². The fourth-order valence-electron chi connectivity index (χ4n) is 3.00. The van der Waals surface area contributed by atoms with Crippen LogP contribution in [0.25, 0.3) is 0 Å². The summed E-state index contributed by atoms with van der Waals surface area (Å²) in [6.07, 6.45) is 2.10. The van der Waals surface area contributed by atoms with Crippen molar-refractivity contribution in [3.8, 4) is 0 Å². The van der Waals surface area contributed by atoms with Crippen molar-refractivity contribution in [2.45, 2.75) is 58.4 Å². The predicted octanol–water partition coefficient (Wildman–Crippen LogP) is 2.90. The molecule has 1 aliphatic heterocycles. The number of likely N-dealkylation sites (tertiary alicyclic amines) is 1. The fraction of sp³-hybridized carbons (Fsp3) is 0.550. The summed E-state index contributed by atoms with van der Waals surface area (Å²) in [6, 6.07) is 7.82. The first-order valence-corrected chi connectivity index (χ1v) is 9.05. The molecule has 0 bridgehead atoms. The van der Waals surface area contributed by atoms with Crippen molar-refractivity contribution >= 4 is 17.6 Å². The van der Waals surface area contributed by atoms with Crippen molar-refractivity contribution < 1.29 is 14.4 Å². The number of piperidine rings is 1. The van der Waals surface area contributed by atoms with Gasteiger partial charge in [0.2, 0.25) is 5.91 Å². The van der Waals surface area contributed by atoms with Gasteiger partial charge in [-0.2, -0.15) is 0 Å². The molecular formula is C20H28N2O3. The van der Waals surface area contributed by atoms with Crippen molar-refractivity contribution in [2.24, 2.45) is 0 Å². The number of ketones is 1. The Balaban J connectivity index is 1.80. The van der Waals surface area contributed by atoms with E-state index in [4.69, 9.17) is 0 Å². The standard InChI is InChI=1S/C20H28N2O3/c1-14(2)16-5-7-17(8-6-16)20(25)21-18-10-12-22(13-11-18)19(24)9-4-15(3)23/h5-8,14,18H,4,9-13H2,1-3H3,(H,21,25). The molecule has 1 fully saturated rings. The van der Waals surface area contributed by atoms with Crippen molar-refractivity contribution in [1.82, 2.24) is 10.2 Å². The zero-order valence-corrected chi connectivity index (χ0v) is 15.4. The van der Waals surface area contributed by atoms with E-state index < -0.39 is 0 Å². The average Bonchev–Trinajstić information content (AvgIpc) is 2.60. The highest BCUT2D eigenvalue weighted by atomic mass is 16.2. The molecule has 0 atom stereocenters. The number of nitrogens with one attached hydrogen (secondary N) is 1. The third kappa shape index (κ3) is 5.69. The number of amides is 2. The van der Waals surface area contributed by atoms with E-state index in [1.54, 1.807) is 4.90 Å². The van der Waals surface area contributed by atoms with Crippen molar-refractivity contribution in [2.75, 3.05) is 13.1 Å². The molecule has 136 valence electrons. The van der Waals surface area contributed by atoms with Gasteiger partial charge in [-0.05, 0) is 43.4 Å². The third-order valence-corrected chi connectivity index (χ3v) is 4.71. The van der Waals surface area contributed by atoms with Gasteiger partial charge in [0.15, 0.2) is 0 Å². The topological polar surface area (TPSA) is 66.5 Å². The lowest BCUT2D eigenvalue weighted by molar-refractivity contribution is -0.133. The van der Waals surface area contributed by atoms with Gasteiger partial charge in [-0.1, -0.05) is 26.0 Å². The summed E-state index contributed by atoms with van der Waals surface area (Å²) < 4.78 is 0. The zero-order chi connectivity index (χ0) is 18.4. The molecule has 5 nitrogen and oxygen atoms in total. The van der Waals surface area contributed by atoms with Crippen molar-refractivity contribution in [1.29, 1.82) is 0 Å². The molecule has 1 heterocycles. The number of carbonyl (C=O) groups excluding carboxylic acids is 3. The summed E-state index contributed by atoms with van der Waals surface area (Å²) in [5.41, 5.74) is 1.89. The molecule has 0 spiro atoms. The number of rotatable bonds is 6. The first kappa shape index (κ1) is 19.2. The lowest BCUT2D eigenvalue weighted by Crippen LogP contribution is -2.46. The quantitative estimate of drug-likeness (QED) is 0.863. The molecule has 2 rings (SSSR count). The van der Waals surface area contributed by atoms with E-state index in [1.807, 2.05) is 24.3 Å². The van der Waals surface area contributed by atoms with Crippen LogP contribution in [0.5, 0.6) is 0 Å². The summed E-state index contributed by atoms with van der Waals surface area (Å²) in [4.78, 5) is 37.2. The molecule has 1 saturated heterocycles. The van der Waals surface area contributed by atoms with Crippen LogP contribution in [0.4, 0.5) is 0 Å². The maximum atomic E-state index is 12.4. The Morgan fingerprint density at radius 3 is 2.20 bits per heavy atom. The molecule has 0 aliphatic carbocycles. The van der Waals surface area contributed by atoms with Crippen LogP contribution in [0.1, 0.15) is 68.3 Å². The largest absolute Gasteiger partial charge is 0.349 e. The summed E-state index contributed by atoms with van der Waals surface area (Å²) >= 11 is 0. The Labute approximate surface area is 149 Å². The highest BCUT2D eigenvalue weighted by molar-refractivity contribution is 5.94. The molecule has 0 saturated carbocycles. The lowest BCUT2D eigenvalue weighted by Gasteiger charge is -2.32. The van der Waals surface area contributed by atoms with Gasteiger partial charge in [0.25, 0.3) is 5.91 Å². The minimum Gasteiger partial charge on any atom is -0.349 e. The van der Waals surface area contributed by atoms with E-state index in [1.165, 1.54) is 12.5 Å². The molecule has 1 N–H and O–H groups in total. The molecular weight excluding hydrogens is 316 g/mol. The second-order valence-corrected chi connectivity index (χ2v) is 7.11. The van der Waals surface area contributed by atoms with Gasteiger partial charge >= 0.3 is 0 Å². The Kier molecular flexibility index (Phi) is 6.73. The third-order valence-electron chi connectivity index (χ3n) is 4.71. The van der Waals surface area contributed by atoms with Crippen LogP contribution in [0, 0.1) is 0 Å². The number of nitrogens with zero attached hydrogens (tertiary/aromatic N) is 1. The molecule has 2 amide bonds. The SMILES string of the molecule is CC(=O)CCC(=O)N1CCC(NC(=O)c2ccc(C(C)C)cc2)CC1. The second-order valence-electron chi connectivity index (χ2n) is 7.11. The number of hydrogen-bond acceptors (Lipinski definition) is 3. The smallest absolute Gasteiger partial charge is 0.251 e. The average molecular weight is 344 g/mol. The monoisotopic (exact) mass is 344 g/mol. The van der Waals surface area contributed by atoms with Gasteiger partial charge in [-0.15, -0.1) is 0 Å². The van der Waals surface area contributed by atoms with Crippen LogP contribution in [0.15, 0.2) is 24.3 Å². The summed E-state index contributed by atoms with van der Waals surface area (Å²) in [6.45, 7) is 7.02. The number of Topliss-reactive ketones (excluding diaryl/α,β-unsaturated/α-hetero) is 1. The van der Waals surface area contributed by atoms with Gasteiger partial charge in [0, 0.05) is 37.5 Å². The summed E-state index contributed by atoms with van der Waals surface area (Å²) in [5, 5.41) is 3.06. The van der Waals surface area contributed by atoms with Crippen LogP contribution >= 0.6 is 0 Å². The highest BCUT2D eigenvalue weighted by Crippen LogP contribution is 2.16. The Bertz CT molecular complexity index is 614. The number of benzene rings is 1. The number of carbonyl (C=O) groups is 3. The Hall–Kier alpha value is -2.17. The number of hydrogen-bond donors (Lipinski definition) is 1. The minimum atomic E-state index is -0.0586. The maximum Gasteiger partial charge on any atom is 0.251 e. The molecule has 5 heteroatoms. The molecule has 0 unspecified atom stereocenters. The van der Waals surface area contributed by atoms with E-state index >= 15 is 0 Å². The van der Waals surface area contributed by atoms with Crippen molar-refractivity contribution in [3.05, 3.63) is 35.4 Å². The first-order chi connectivity index (χ1) is 11.9. The van der Waals surface area contributed by atoms with E-state index in [-0.39, 0.29) is 30.1 Å². The highest BCUT2D eigenvalue weighted by Gasteiger charge is 2.24. The predicted molar refractivity (Wildman–Crippen MR) is 97.5 cm³/mol. The fourth-order valence-corrected chi connectivity index (χ4v) is 3.00. The van der Waals surface area contributed by atoms with E-state index in [9.17, 15) is 14.4 Å². The summed E-state index contributed by atoms with van der Waals surface area (Å²) in [5.74, 6) is 0.460. The lowest BCUT2D eigenvalue weighted by atomic mass is 10.0. The first-order valence-electron chi connectivity index (χ1n) is 9.05. The normalized spacial score (nSPS) is 15.3. The van der Waals surface area contributed by atoms with Crippen LogP contribution in [0.2, 0.25) is 0 Å². The maximum absolute atomic E-state index is 12.4. The Morgan fingerprint density at radius 2 is 1.68 bits per heavy atom. The van der Waals surface area contributed by atoms with Gasteiger partial charge < -0.3 is 15.0 Å². The van der Waals surface area contributed by atoms with Gasteiger partial charge in [-0.25, -0.2) is 0 Å². The molecule has 1 aromatic carbocycles. The van der Waals surface area contributed by atoms with Crippen molar-refractivity contribution in [3.63, 3.8) is 0 Å². The van der Waals surface area contributed by atoms with E-state index in [0.717, 1.165) is 12.8 Å². The molecule has 1 aromatic rings. The van der Waals surface area contributed by atoms with Crippen LogP contribution in [-0.4, -0.2) is 41.6 Å². The Morgan fingerprint density at radius 1 is 1.08 bits per heavy atom. The van der Waals surface area contributed by atoms with E-state index in [2.05, 4.69) is 19.2 Å². The van der Waals surface area contributed by atoms with Crippen LogP contribution in [-0.2, 0) is 9.59 Å². The van der Waals surface area contributed by atoms with Gasteiger partial charge in [-0.3, -0.25) is 9.59 Å². The molecule has 0 radical (unpaired) electrons. The molecule has 0 aromatic heterocycles. The van der Waals surface area contributed by atoms with Gasteiger partial charge in [0.1, 0.15) is 5.78 Å². The van der Waals surface area contributed by atoms with Gasteiger partial charge in [0.05, 0.1) is 0 Å². The molecule has 1 aliphatic rings. The minimum absolute atomic E-state index is 0.0317.